The average molecular weight is 274 g/mol. The van der Waals surface area contributed by atoms with Crippen LogP contribution in [0.15, 0.2) is 24.3 Å². The summed E-state index contributed by atoms with van der Waals surface area (Å²) in [5.74, 6) is 1.66. The summed E-state index contributed by atoms with van der Waals surface area (Å²) in [6, 6.07) is 8.14. The van der Waals surface area contributed by atoms with Gasteiger partial charge in [-0.15, -0.1) is 0 Å². The van der Waals surface area contributed by atoms with Crippen molar-refractivity contribution in [3.05, 3.63) is 29.8 Å². The highest BCUT2D eigenvalue weighted by Gasteiger charge is 2.25. The summed E-state index contributed by atoms with van der Waals surface area (Å²) >= 11 is 0. The number of anilines is 1. The van der Waals surface area contributed by atoms with Gasteiger partial charge in [0, 0.05) is 18.2 Å². The Morgan fingerprint density at radius 3 is 2.80 bits per heavy atom. The third-order valence-electron chi connectivity index (χ3n) is 4.56. The van der Waals surface area contributed by atoms with E-state index in [9.17, 15) is 4.79 Å². The lowest BCUT2D eigenvalue weighted by atomic mass is 9.79. The summed E-state index contributed by atoms with van der Waals surface area (Å²) in [6.07, 6.45) is 4.77. The number of carbonyl (C=O) groups excluding carboxylic acids is 1. The third-order valence-corrected chi connectivity index (χ3v) is 4.56. The van der Waals surface area contributed by atoms with E-state index in [-0.39, 0.29) is 5.91 Å². The maximum absolute atomic E-state index is 12.0. The van der Waals surface area contributed by atoms with Crippen LogP contribution in [-0.4, -0.2) is 11.9 Å². The standard InChI is InChI=1S/C17H26N2O/c1-12-6-8-16(10-13(12)2)19-17(20)9-7-14-4-3-5-15(18)11-14/h3-5,11-13,16H,6-10,18H2,1-2H3,(H,19,20). The summed E-state index contributed by atoms with van der Waals surface area (Å²) in [5.41, 5.74) is 7.63. The van der Waals surface area contributed by atoms with Crippen molar-refractivity contribution in [3.8, 4) is 0 Å². The largest absolute Gasteiger partial charge is 0.399 e. The van der Waals surface area contributed by atoms with Crippen molar-refractivity contribution in [1.29, 1.82) is 0 Å². The molecule has 0 aromatic heterocycles. The molecule has 0 bridgehead atoms. The molecule has 0 spiro atoms. The lowest BCUT2D eigenvalue weighted by molar-refractivity contribution is -0.122. The van der Waals surface area contributed by atoms with Gasteiger partial charge in [-0.2, -0.15) is 0 Å². The molecular formula is C17H26N2O. The first-order chi connectivity index (χ1) is 9.54. The van der Waals surface area contributed by atoms with E-state index in [4.69, 9.17) is 5.73 Å². The number of amides is 1. The fraction of sp³-hybridized carbons (Fsp3) is 0.588. The molecule has 1 aromatic rings. The van der Waals surface area contributed by atoms with E-state index in [0.717, 1.165) is 36.4 Å². The van der Waals surface area contributed by atoms with E-state index in [1.54, 1.807) is 0 Å². The highest BCUT2D eigenvalue weighted by atomic mass is 16.1. The van der Waals surface area contributed by atoms with Crippen LogP contribution in [0.5, 0.6) is 0 Å². The number of nitrogens with one attached hydrogen (secondary N) is 1. The van der Waals surface area contributed by atoms with Gasteiger partial charge in [-0.1, -0.05) is 26.0 Å². The summed E-state index contributed by atoms with van der Waals surface area (Å²) < 4.78 is 0. The molecule has 1 aliphatic rings. The van der Waals surface area contributed by atoms with E-state index < -0.39 is 0 Å². The number of hydrogen-bond acceptors (Lipinski definition) is 2. The Kier molecular flexibility index (Phi) is 5.05. The molecule has 1 amide bonds. The van der Waals surface area contributed by atoms with Gasteiger partial charge in [-0.05, 0) is 55.2 Å². The molecule has 3 N–H and O–H groups in total. The highest BCUT2D eigenvalue weighted by Crippen LogP contribution is 2.29. The predicted molar refractivity (Wildman–Crippen MR) is 83.3 cm³/mol. The topological polar surface area (TPSA) is 55.1 Å². The van der Waals surface area contributed by atoms with E-state index >= 15 is 0 Å². The summed E-state index contributed by atoms with van der Waals surface area (Å²) in [6.45, 7) is 4.60. The Bertz CT molecular complexity index is 458. The number of nitrogens with two attached hydrogens (primary N) is 1. The van der Waals surface area contributed by atoms with Crippen molar-refractivity contribution in [2.45, 2.75) is 52.0 Å². The van der Waals surface area contributed by atoms with Crippen LogP contribution < -0.4 is 11.1 Å². The minimum atomic E-state index is 0.166. The monoisotopic (exact) mass is 274 g/mol. The van der Waals surface area contributed by atoms with Crippen LogP contribution in [0.25, 0.3) is 0 Å². The minimum absolute atomic E-state index is 0.166. The van der Waals surface area contributed by atoms with Crippen LogP contribution in [0.1, 0.15) is 45.1 Å². The maximum Gasteiger partial charge on any atom is 0.220 e. The smallest absolute Gasteiger partial charge is 0.220 e. The second-order valence-corrected chi connectivity index (χ2v) is 6.28. The van der Waals surface area contributed by atoms with Crippen molar-refractivity contribution >= 4 is 11.6 Å². The van der Waals surface area contributed by atoms with Gasteiger partial charge in [0.05, 0.1) is 0 Å². The van der Waals surface area contributed by atoms with Crippen LogP contribution in [0.4, 0.5) is 5.69 Å². The molecule has 3 unspecified atom stereocenters. The molecule has 20 heavy (non-hydrogen) atoms. The molecule has 2 rings (SSSR count). The van der Waals surface area contributed by atoms with E-state index in [0.29, 0.717) is 18.4 Å². The van der Waals surface area contributed by atoms with Gasteiger partial charge in [-0.3, -0.25) is 4.79 Å². The van der Waals surface area contributed by atoms with Crippen LogP contribution in [-0.2, 0) is 11.2 Å². The van der Waals surface area contributed by atoms with Crippen LogP contribution in [0, 0.1) is 11.8 Å². The number of carbonyl (C=O) groups is 1. The number of rotatable bonds is 4. The summed E-state index contributed by atoms with van der Waals surface area (Å²) in [5, 5.41) is 3.18. The molecule has 1 aromatic carbocycles. The van der Waals surface area contributed by atoms with Crippen molar-refractivity contribution in [2.24, 2.45) is 11.8 Å². The number of aryl methyl sites for hydroxylation is 1. The zero-order valence-corrected chi connectivity index (χ0v) is 12.6. The highest BCUT2D eigenvalue weighted by molar-refractivity contribution is 5.76. The maximum atomic E-state index is 12.0. The van der Waals surface area contributed by atoms with E-state index in [1.807, 2.05) is 24.3 Å². The van der Waals surface area contributed by atoms with Crippen molar-refractivity contribution < 1.29 is 4.79 Å². The lowest BCUT2D eigenvalue weighted by Gasteiger charge is -2.32. The quantitative estimate of drug-likeness (QED) is 0.829. The number of nitrogen functional groups attached to an aromatic ring is 1. The van der Waals surface area contributed by atoms with Gasteiger partial charge in [0.1, 0.15) is 0 Å². The molecule has 3 nitrogen and oxygen atoms in total. The lowest BCUT2D eigenvalue weighted by Crippen LogP contribution is -2.39. The van der Waals surface area contributed by atoms with Crippen molar-refractivity contribution in [3.63, 3.8) is 0 Å². The van der Waals surface area contributed by atoms with Gasteiger partial charge in [-0.25, -0.2) is 0 Å². The minimum Gasteiger partial charge on any atom is -0.399 e. The Morgan fingerprint density at radius 1 is 1.30 bits per heavy atom. The molecule has 1 aliphatic carbocycles. The molecule has 0 saturated heterocycles. The normalized spacial score (nSPS) is 26.2. The number of hydrogen-bond donors (Lipinski definition) is 2. The van der Waals surface area contributed by atoms with Gasteiger partial charge in [0.15, 0.2) is 0 Å². The SMILES string of the molecule is CC1CCC(NC(=O)CCc2cccc(N)c2)CC1C. The second-order valence-electron chi connectivity index (χ2n) is 6.28. The van der Waals surface area contributed by atoms with Crippen LogP contribution >= 0.6 is 0 Å². The van der Waals surface area contributed by atoms with Gasteiger partial charge in [0.2, 0.25) is 5.91 Å². The molecule has 1 saturated carbocycles. The zero-order chi connectivity index (χ0) is 14.5. The Hall–Kier alpha value is -1.51. The zero-order valence-electron chi connectivity index (χ0n) is 12.6. The van der Waals surface area contributed by atoms with Gasteiger partial charge in [0.25, 0.3) is 0 Å². The fourth-order valence-electron chi connectivity index (χ4n) is 2.98. The molecular weight excluding hydrogens is 248 g/mol. The summed E-state index contributed by atoms with van der Waals surface area (Å²) in [7, 11) is 0. The molecule has 3 atom stereocenters. The number of benzene rings is 1. The van der Waals surface area contributed by atoms with Gasteiger partial charge < -0.3 is 11.1 Å². The fourth-order valence-corrected chi connectivity index (χ4v) is 2.98. The Morgan fingerprint density at radius 2 is 2.10 bits per heavy atom. The summed E-state index contributed by atoms with van der Waals surface area (Å²) in [4.78, 5) is 12.0. The van der Waals surface area contributed by atoms with Crippen LogP contribution in [0.2, 0.25) is 0 Å². The average Bonchev–Trinajstić information content (AvgIpc) is 2.41. The molecule has 3 heteroatoms. The Balaban J connectivity index is 1.75. The van der Waals surface area contributed by atoms with E-state index in [2.05, 4.69) is 19.2 Å². The predicted octanol–water partition coefficient (Wildman–Crippen LogP) is 3.14. The Labute approximate surface area is 121 Å². The van der Waals surface area contributed by atoms with E-state index in [1.165, 1.54) is 6.42 Å². The first-order valence-electron chi connectivity index (χ1n) is 7.68. The van der Waals surface area contributed by atoms with Gasteiger partial charge >= 0.3 is 0 Å². The molecule has 0 radical (unpaired) electrons. The van der Waals surface area contributed by atoms with Crippen molar-refractivity contribution in [2.75, 3.05) is 5.73 Å². The molecule has 1 fully saturated rings. The first-order valence-corrected chi connectivity index (χ1v) is 7.68. The molecule has 0 aliphatic heterocycles. The van der Waals surface area contributed by atoms with Crippen LogP contribution in [0.3, 0.4) is 0 Å². The molecule has 0 heterocycles. The molecule has 110 valence electrons. The van der Waals surface area contributed by atoms with Crippen molar-refractivity contribution in [1.82, 2.24) is 5.32 Å². The second kappa shape index (κ2) is 6.78. The first kappa shape index (κ1) is 14.9. The third kappa shape index (κ3) is 4.26.